The second-order valence-electron chi connectivity index (χ2n) is 4.89. The van der Waals surface area contributed by atoms with Gasteiger partial charge in [-0.25, -0.2) is 0 Å². The van der Waals surface area contributed by atoms with Crippen LogP contribution in [-0.4, -0.2) is 27.3 Å². The maximum absolute atomic E-state index is 11.1. The molecule has 0 bridgehead atoms. The Morgan fingerprint density at radius 2 is 1.74 bits per heavy atom. The number of carbonyl (C=O) groups excluding carboxylic acids is 1. The molecule has 0 saturated carbocycles. The molecule has 0 heterocycles. The molecule has 0 aromatic heterocycles. The van der Waals surface area contributed by atoms with E-state index in [1.807, 2.05) is 42.5 Å². The first kappa shape index (κ1) is 16.8. The summed E-state index contributed by atoms with van der Waals surface area (Å²) in [5.74, 6) is 1.21. The van der Waals surface area contributed by atoms with Crippen LogP contribution in [0.1, 0.15) is 21.5 Å². The summed E-state index contributed by atoms with van der Waals surface area (Å²) in [6.45, 7) is 0.112. The third kappa shape index (κ3) is 4.69. The van der Waals surface area contributed by atoms with Gasteiger partial charge in [0, 0.05) is 18.2 Å². The zero-order valence-corrected chi connectivity index (χ0v) is 13.3. The lowest BCUT2D eigenvalue weighted by Crippen LogP contribution is -2.04. The van der Waals surface area contributed by atoms with Gasteiger partial charge in [-0.1, -0.05) is 42.5 Å². The highest BCUT2D eigenvalue weighted by Gasteiger charge is 2.12. The Morgan fingerprint density at radius 1 is 1.00 bits per heavy atom. The minimum absolute atomic E-state index is 0.112. The highest BCUT2D eigenvalue weighted by molar-refractivity contribution is 5.77. The first-order valence-electron chi connectivity index (χ1n) is 7.28. The smallest absolute Gasteiger partial charge is 0.188 e. The number of aldehydes is 1. The van der Waals surface area contributed by atoms with Crippen molar-refractivity contribution in [2.75, 3.05) is 21.0 Å². The normalized spacial score (nSPS) is 10.7. The van der Waals surface area contributed by atoms with Crippen LogP contribution in [0.2, 0.25) is 0 Å². The number of hydrogen-bond donors (Lipinski definition) is 0. The van der Waals surface area contributed by atoms with Crippen LogP contribution in [0.25, 0.3) is 6.08 Å². The molecule has 0 atom stereocenters. The first-order chi connectivity index (χ1) is 11.3. The van der Waals surface area contributed by atoms with Crippen molar-refractivity contribution >= 4 is 12.4 Å². The van der Waals surface area contributed by atoms with Crippen molar-refractivity contribution < 1.29 is 19.0 Å². The predicted molar refractivity (Wildman–Crippen MR) is 90.1 cm³/mol. The largest absolute Gasteiger partial charge is 0.496 e. The van der Waals surface area contributed by atoms with E-state index in [4.69, 9.17) is 14.2 Å². The van der Waals surface area contributed by atoms with Crippen LogP contribution >= 0.6 is 0 Å². The van der Waals surface area contributed by atoms with Gasteiger partial charge in [-0.3, -0.25) is 4.79 Å². The number of carbonyl (C=O) groups is 1. The van der Waals surface area contributed by atoms with Gasteiger partial charge in [-0.05, 0) is 24.1 Å². The molecule has 2 aromatic rings. The topological polar surface area (TPSA) is 44.8 Å². The standard InChI is InChI=1S/C19H20O4/c1-21-14-23-19-12-16(13-20)11-18(22-2)17(19)10-6-9-15-7-4-3-5-8-15/h3-9,11-13H,10,14H2,1-2H3/b9-6+. The number of rotatable bonds is 8. The van der Waals surface area contributed by atoms with Crippen LogP contribution in [0.4, 0.5) is 0 Å². The van der Waals surface area contributed by atoms with Gasteiger partial charge in [0.2, 0.25) is 0 Å². The van der Waals surface area contributed by atoms with Crippen molar-refractivity contribution in [2.45, 2.75) is 6.42 Å². The maximum Gasteiger partial charge on any atom is 0.188 e. The van der Waals surface area contributed by atoms with Crippen molar-refractivity contribution in [3.8, 4) is 11.5 Å². The predicted octanol–water partition coefficient (Wildman–Crippen LogP) is 3.75. The van der Waals surface area contributed by atoms with E-state index in [0.717, 1.165) is 17.4 Å². The average Bonchev–Trinajstić information content (AvgIpc) is 2.61. The molecule has 120 valence electrons. The summed E-state index contributed by atoms with van der Waals surface area (Å²) in [4.78, 5) is 11.1. The van der Waals surface area contributed by atoms with Crippen molar-refractivity contribution in [1.82, 2.24) is 0 Å². The summed E-state index contributed by atoms with van der Waals surface area (Å²) in [7, 11) is 3.13. The fourth-order valence-corrected chi connectivity index (χ4v) is 2.22. The summed E-state index contributed by atoms with van der Waals surface area (Å²) >= 11 is 0. The Bertz CT molecular complexity index is 663. The molecule has 0 unspecified atom stereocenters. The summed E-state index contributed by atoms with van der Waals surface area (Å²) in [6.07, 6.45) is 5.46. The van der Waals surface area contributed by atoms with Crippen LogP contribution < -0.4 is 9.47 Å². The summed E-state index contributed by atoms with van der Waals surface area (Å²) in [6, 6.07) is 13.4. The molecule has 0 fully saturated rings. The number of hydrogen-bond acceptors (Lipinski definition) is 4. The molecule has 0 spiro atoms. The van der Waals surface area contributed by atoms with E-state index >= 15 is 0 Å². The number of allylic oxidation sites excluding steroid dienone is 1. The van der Waals surface area contributed by atoms with E-state index in [1.165, 1.54) is 0 Å². The highest BCUT2D eigenvalue weighted by atomic mass is 16.7. The molecule has 2 rings (SSSR count). The Balaban J connectivity index is 2.27. The lowest BCUT2D eigenvalue weighted by Gasteiger charge is -2.14. The lowest BCUT2D eigenvalue weighted by molar-refractivity contribution is 0.0502. The molecule has 4 heteroatoms. The molecule has 0 N–H and O–H groups in total. The minimum atomic E-state index is 0.112. The number of benzene rings is 2. The molecule has 0 saturated heterocycles. The highest BCUT2D eigenvalue weighted by Crippen LogP contribution is 2.31. The second-order valence-corrected chi connectivity index (χ2v) is 4.89. The average molecular weight is 312 g/mol. The molecule has 0 aliphatic carbocycles. The zero-order valence-electron chi connectivity index (χ0n) is 13.3. The maximum atomic E-state index is 11.1. The molecule has 23 heavy (non-hydrogen) atoms. The van der Waals surface area contributed by atoms with Gasteiger partial charge in [0.15, 0.2) is 6.79 Å². The minimum Gasteiger partial charge on any atom is -0.496 e. The van der Waals surface area contributed by atoms with Crippen LogP contribution in [0.3, 0.4) is 0 Å². The van der Waals surface area contributed by atoms with E-state index in [2.05, 4.69) is 0 Å². The summed E-state index contributed by atoms with van der Waals surface area (Å²) in [5.41, 5.74) is 2.50. The molecular weight excluding hydrogens is 292 g/mol. The summed E-state index contributed by atoms with van der Waals surface area (Å²) < 4.78 is 15.9. The Morgan fingerprint density at radius 3 is 2.39 bits per heavy atom. The molecular formula is C19H20O4. The van der Waals surface area contributed by atoms with Crippen LogP contribution in [0.5, 0.6) is 11.5 Å². The molecule has 0 aliphatic heterocycles. The first-order valence-corrected chi connectivity index (χ1v) is 7.28. The van der Waals surface area contributed by atoms with Gasteiger partial charge >= 0.3 is 0 Å². The van der Waals surface area contributed by atoms with Crippen molar-refractivity contribution in [1.29, 1.82) is 0 Å². The Labute approximate surface area is 136 Å². The quantitative estimate of drug-likeness (QED) is 0.550. The van der Waals surface area contributed by atoms with Gasteiger partial charge in [0.1, 0.15) is 17.8 Å². The number of ether oxygens (including phenoxy) is 3. The van der Waals surface area contributed by atoms with E-state index in [1.54, 1.807) is 26.4 Å². The van der Waals surface area contributed by atoms with Gasteiger partial charge in [-0.2, -0.15) is 0 Å². The second kappa shape index (κ2) is 8.76. The van der Waals surface area contributed by atoms with Crippen LogP contribution in [-0.2, 0) is 11.2 Å². The molecule has 2 aromatic carbocycles. The van der Waals surface area contributed by atoms with Crippen LogP contribution in [0.15, 0.2) is 48.5 Å². The third-order valence-corrected chi connectivity index (χ3v) is 3.31. The fourth-order valence-electron chi connectivity index (χ4n) is 2.22. The Hall–Kier alpha value is -2.59. The SMILES string of the molecule is COCOc1cc(C=O)cc(OC)c1C/C=C/c1ccccc1. The van der Waals surface area contributed by atoms with Crippen molar-refractivity contribution in [3.05, 3.63) is 65.2 Å². The molecule has 0 radical (unpaired) electrons. The van der Waals surface area contributed by atoms with E-state index < -0.39 is 0 Å². The molecule has 4 nitrogen and oxygen atoms in total. The summed E-state index contributed by atoms with van der Waals surface area (Å²) in [5, 5.41) is 0. The lowest BCUT2D eigenvalue weighted by atomic mass is 10.1. The Kier molecular flexibility index (Phi) is 6.39. The molecule has 0 amide bonds. The van der Waals surface area contributed by atoms with Gasteiger partial charge in [0.25, 0.3) is 0 Å². The van der Waals surface area contributed by atoms with E-state index in [9.17, 15) is 4.79 Å². The number of methoxy groups -OCH3 is 2. The monoisotopic (exact) mass is 312 g/mol. The van der Waals surface area contributed by atoms with Crippen molar-refractivity contribution in [2.24, 2.45) is 0 Å². The van der Waals surface area contributed by atoms with Crippen molar-refractivity contribution in [3.63, 3.8) is 0 Å². The third-order valence-electron chi connectivity index (χ3n) is 3.31. The van der Waals surface area contributed by atoms with Crippen LogP contribution in [0, 0.1) is 0 Å². The fraction of sp³-hybridized carbons (Fsp3) is 0.211. The van der Waals surface area contributed by atoms with Gasteiger partial charge < -0.3 is 14.2 Å². The van der Waals surface area contributed by atoms with E-state index in [-0.39, 0.29) is 6.79 Å². The van der Waals surface area contributed by atoms with Gasteiger partial charge in [-0.15, -0.1) is 0 Å². The van der Waals surface area contributed by atoms with E-state index in [0.29, 0.717) is 23.5 Å². The zero-order chi connectivity index (χ0) is 16.5. The molecule has 0 aliphatic rings. The van der Waals surface area contributed by atoms with Gasteiger partial charge in [0.05, 0.1) is 7.11 Å².